The first-order valence-corrected chi connectivity index (χ1v) is 6.86. The van der Waals surface area contributed by atoms with E-state index in [-0.39, 0.29) is 11.9 Å². The number of aryl methyl sites for hydroxylation is 2. The van der Waals surface area contributed by atoms with Gasteiger partial charge < -0.3 is 10.6 Å². The number of hydrogen-bond acceptors (Lipinski definition) is 2. The lowest BCUT2D eigenvalue weighted by molar-refractivity contribution is -0.127. The molecule has 1 heterocycles. The third-order valence-electron chi connectivity index (χ3n) is 3.60. The molecule has 1 atom stereocenters. The van der Waals surface area contributed by atoms with Crippen molar-refractivity contribution in [2.24, 2.45) is 5.73 Å². The summed E-state index contributed by atoms with van der Waals surface area (Å²) in [4.78, 5) is 13.9. The molecule has 19 heavy (non-hydrogen) atoms. The van der Waals surface area contributed by atoms with E-state index < -0.39 is 0 Å². The standard InChI is InChI=1S/C16H22N2O/c1-12-5-6-14(13(2)10-12)7-8-16(19)18-9-3-4-15(17)11-18/h5-8,10,15H,3-4,9,11,17H2,1-2H3. The molecule has 0 radical (unpaired) electrons. The second-order valence-corrected chi connectivity index (χ2v) is 5.38. The van der Waals surface area contributed by atoms with Crippen LogP contribution in [-0.4, -0.2) is 29.9 Å². The quantitative estimate of drug-likeness (QED) is 0.827. The SMILES string of the molecule is Cc1ccc(C=CC(=O)N2CCCC(N)C2)c(C)c1. The highest BCUT2D eigenvalue weighted by Gasteiger charge is 2.19. The molecule has 1 aliphatic rings. The Morgan fingerprint density at radius 1 is 1.42 bits per heavy atom. The Balaban J connectivity index is 2.03. The molecule has 1 saturated heterocycles. The van der Waals surface area contributed by atoms with E-state index in [1.165, 1.54) is 11.1 Å². The van der Waals surface area contributed by atoms with Crippen molar-refractivity contribution in [2.75, 3.05) is 13.1 Å². The lowest BCUT2D eigenvalue weighted by atomic mass is 10.0. The van der Waals surface area contributed by atoms with Gasteiger partial charge in [-0.25, -0.2) is 0 Å². The van der Waals surface area contributed by atoms with Crippen LogP contribution in [0.5, 0.6) is 0 Å². The van der Waals surface area contributed by atoms with Gasteiger partial charge in [-0.05, 0) is 43.9 Å². The number of nitrogens with two attached hydrogens (primary N) is 1. The predicted molar refractivity (Wildman–Crippen MR) is 78.7 cm³/mol. The number of likely N-dealkylation sites (tertiary alicyclic amines) is 1. The van der Waals surface area contributed by atoms with E-state index in [1.807, 2.05) is 11.0 Å². The highest BCUT2D eigenvalue weighted by atomic mass is 16.2. The van der Waals surface area contributed by atoms with Crippen LogP contribution < -0.4 is 5.73 Å². The molecule has 1 amide bonds. The van der Waals surface area contributed by atoms with Gasteiger partial charge in [-0.2, -0.15) is 0 Å². The van der Waals surface area contributed by atoms with E-state index in [2.05, 4.69) is 32.0 Å². The van der Waals surface area contributed by atoms with Gasteiger partial charge in [-0.15, -0.1) is 0 Å². The number of amides is 1. The van der Waals surface area contributed by atoms with Gasteiger partial charge in [0.15, 0.2) is 0 Å². The lowest BCUT2D eigenvalue weighted by Gasteiger charge is -2.29. The third kappa shape index (κ3) is 3.67. The zero-order chi connectivity index (χ0) is 13.8. The van der Waals surface area contributed by atoms with E-state index in [0.29, 0.717) is 6.54 Å². The van der Waals surface area contributed by atoms with E-state index in [4.69, 9.17) is 5.73 Å². The number of carbonyl (C=O) groups excluding carboxylic acids is 1. The fourth-order valence-corrected chi connectivity index (χ4v) is 2.49. The molecule has 3 nitrogen and oxygen atoms in total. The summed E-state index contributed by atoms with van der Waals surface area (Å²) in [7, 11) is 0. The first-order valence-electron chi connectivity index (χ1n) is 6.86. The van der Waals surface area contributed by atoms with Crippen LogP contribution in [0.1, 0.15) is 29.5 Å². The Kier molecular flexibility index (Phi) is 4.38. The first kappa shape index (κ1) is 13.8. The molecule has 1 fully saturated rings. The molecule has 1 aromatic carbocycles. The van der Waals surface area contributed by atoms with E-state index in [0.717, 1.165) is 24.9 Å². The van der Waals surface area contributed by atoms with E-state index in [1.54, 1.807) is 6.08 Å². The average molecular weight is 258 g/mol. The largest absolute Gasteiger partial charge is 0.338 e. The monoisotopic (exact) mass is 258 g/mol. The molecule has 102 valence electrons. The highest BCUT2D eigenvalue weighted by molar-refractivity contribution is 5.92. The molecule has 2 rings (SSSR count). The molecule has 1 aliphatic heterocycles. The second kappa shape index (κ2) is 6.02. The molecule has 2 N–H and O–H groups in total. The van der Waals surface area contributed by atoms with Gasteiger partial charge in [0.2, 0.25) is 5.91 Å². The number of rotatable bonds is 2. The normalized spacial score (nSPS) is 19.9. The van der Waals surface area contributed by atoms with Gasteiger partial charge >= 0.3 is 0 Å². The fraction of sp³-hybridized carbons (Fsp3) is 0.438. The summed E-state index contributed by atoms with van der Waals surface area (Å²) in [5, 5.41) is 0. The molecule has 1 unspecified atom stereocenters. The molecule has 0 saturated carbocycles. The van der Waals surface area contributed by atoms with Crippen LogP contribution in [0.15, 0.2) is 24.3 Å². The topological polar surface area (TPSA) is 46.3 Å². The maximum atomic E-state index is 12.1. The van der Waals surface area contributed by atoms with Crippen molar-refractivity contribution in [3.05, 3.63) is 41.0 Å². The molecule has 1 aromatic rings. The van der Waals surface area contributed by atoms with Crippen LogP contribution in [-0.2, 0) is 4.79 Å². The summed E-state index contributed by atoms with van der Waals surface area (Å²) in [6.07, 6.45) is 5.59. The van der Waals surface area contributed by atoms with Crippen molar-refractivity contribution < 1.29 is 4.79 Å². The molecule has 0 aliphatic carbocycles. The van der Waals surface area contributed by atoms with Gasteiger partial charge in [-0.3, -0.25) is 4.79 Å². The lowest BCUT2D eigenvalue weighted by Crippen LogP contribution is -2.45. The summed E-state index contributed by atoms with van der Waals surface area (Å²) >= 11 is 0. The third-order valence-corrected chi connectivity index (χ3v) is 3.60. The minimum Gasteiger partial charge on any atom is -0.338 e. The Hall–Kier alpha value is -1.61. The van der Waals surface area contributed by atoms with Crippen molar-refractivity contribution >= 4 is 12.0 Å². The Morgan fingerprint density at radius 2 is 2.21 bits per heavy atom. The summed E-state index contributed by atoms with van der Waals surface area (Å²) in [5.41, 5.74) is 9.42. The van der Waals surface area contributed by atoms with Gasteiger partial charge in [0.1, 0.15) is 0 Å². The summed E-state index contributed by atoms with van der Waals surface area (Å²) in [6.45, 7) is 5.63. The Bertz CT molecular complexity index is 494. The zero-order valence-electron chi connectivity index (χ0n) is 11.7. The van der Waals surface area contributed by atoms with Gasteiger partial charge in [0.25, 0.3) is 0 Å². The Morgan fingerprint density at radius 3 is 2.89 bits per heavy atom. The van der Waals surface area contributed by atoms with E-state index in [9.17, 15) is 4.79 Å². The van der Waals surface area contributed by atoms with Gasteiger partial charge in [0.05, 0.1) is 0 Å². The summed E-state index contributed by atoms with van der Waals surface area (Å²) in [5.74, 6) is 0.0649. The van der Waals surface area contributed by atoms with Crippen molar-refractivity contribution in [1.82, 2.24) is 4.90 Å². The fourth-order valence-electron chi connectivity index (χ4n) is 2.49. The molecule has 0 aromatic heterocycles. The molecule has 0 bridgehead atoms. The molecular formula is C16H22N2O. The highest BCUT2D eigenvalue weighted by Crippen LogP contribution is 2.13. The van der Waals surface area contributed by atoms with Crippen molar-refractivity contribution in [2.45, 2.75) is 32.7 Å². The van der Waals surface area contributed by atoms with Crippen LogP contribution in [0.4, 0.5) is 0 Å². The maximum Gasteiger partial charge on any atom is 0.246 e. The predicted octanol–water partition coefficient (Wildman–Crippen LogP) is 2.27. The average Bonchev–Trinajstić information content (AvgIpc) is 2.37. The van der Waals surface area contributed by atoms with Crippen LogP contribution in [0.25, 0.3) is 6.08 Å². The molecule has 3 heteroatoms. The van der Waals surface area contributed by atoms with Crippen molar-refractivity contribution in [3.8, 4) is 0 Å². The zero-order valence-corrected chi connectivity index (χ0v) is 11.7. The molecule has 0 spiro atoms. The van der Waals surface area contributed by atoms with Crippen LogP contribution in [0.2, 0.25) is 0 Å². The Labute approximate surface area is 115 Å². The number of carbonyl (C=O) groups is 1. The number of nitrogens with zero attached hydrogens (tertiary/aromatic N) is 1. The van der Waals surface area contributed by atoms with Crippen molar-refractivity contribution in [3.63, 3.8) is 0 Å². The second-order valence-electron chi connectivity index (χ2n) is 5.38. The van der Waals surface area contributed by atoms with Crippen LogP contribution in [0, 0.1) is 13.8 Å². The van der Waals surface area contributed by atoms with Crippen molar-refractivity contribution in [1.29, 1.82) is 0 Å². The minimum absolute atomic E-state index is 0.0649. The molecular weight excluding hydrogens is 236 g/mol. The van der Waals surface area contributed by atoms with Gasteiger partial charge in [-0.1, -0.05) is 23.8 Å². The number of hydrogen-bond donors (Lipinski definition) is 1. The maximum absolute atomic E-state index is 12.1. The smallest absolute Gasteiger partial charge is 0.246 e. The van der Waals surface area contributed by atoms with Crippen LogP contribution in [0.3, 0.4) is 0 Å². The van der Waals surface area contributed by atoms with Gasteiger partial charge in [0, 0.05) is 25.2 Å². The summed E-state index contributed by atoms with van der Waals surface area (Å²) in [6, 6.07) is 6.37. The summed E-state index contributed by atoms with van der Waals surface area (Å²) < 4.78 is 0. The number of piperidine rings is 1. The first-order chi connectivity index (χ1) is 9.06. The van der Waals surface area contributed by atoms with Crippen LogP contribution >= 0.6 is 0 Å². The van der Waals surface area contributed by atoms with E-state index >= 15 is 0 Å². The minimum atomic E-state index is 0.0649. The number of benzene rings is 1.